The number of nitrogens with two attached hydrogens (primary N) is 1. The second-order valence-corrected chi connectivity index (χ2v) is 6.98. The molecule has 0 unspecified atom stereocenters. The number of para-hydroxylation sites is 1. The molecule has 2 aromatic carbocycles. The lowest BCUT2D eigenvalue weighted by Gasteiger charge is -2.12. The van der Waals surface area contributed by atoms with Crippen molar-refractivity contribution in [1.29, 1.82) is 0 Å². The summed E-state index contributed by atoms with van der Waals surface area (Å²) in [5, 5.41) is 11.6. The smallest absolute Gasteiger partial charge is 0.238 e. The molecule has 0 bridgehead atoms. The van der Waals surface area contributed by atoms with Crippen LogP contribution >= 0.6 is 12.2 Å². The molecule has 0 heterocycles. The molecule has 0 aliphatic heterocycles. The van der Waals surface area contributed by atoms with Gasteiger partial charge in [0.15, 0.2) is 5.11 Å². The minimum absolute atomic E-state index is 0.0584. The summed E-state index contributed by atoms with van der Waals surface area (Å²) in [6.07, 6.45) is 0.760. The minimum Gasteiger partial charge on any atom is -0.496 e. The van der Waals surface area contributed by atoms with Crippen LogP contribution in [0.4, 0.5) is 5.69 Å². The van der Waals surface area contributed by atoms with Crippen LogP contribution in [-0.4, -0.2) is 27.2 Å². The second kappa shape index (κ2) is 8.09. The molecule has 0 fully saturated rings. The molecular formula is C16H19N3O3S2. The zero-order valence-corrected chi connectivity index (χ0v) is 14.8. The van der Waals surface area contributed by atoms with E-state index in [9.17, 15) is 8.42 Å². The second-order valence-electron chi connectivity index (χ2n) is 5.01. The number of nitrogens with one attached hydrogen (secondary N) is 2. The number of hydrogen-bond acceptors (Lipinski definition) is 4. The first kappa shape index (κ1) is 18.2. The van der Waals surface area contributed by atoms with E-state index >= 15 is 0 Å². The van der Waals surface area contributed by atoms with E-state index < -0.39 is 10.0 Å². The Morgan fingerprint density at radius 1 is 1.17 bits per heavy atom. The molecule has 0 aliphatic carbocycles. The summed E-state index contributed by atoms with van der Waals surface area (Å²) in [5.74, 6) is 0.844. The molecule has 0 radical (unpaired) electrons. The molecule has 0 saturated carbocycles. The number of methoxy groups -OCH3 is 1. The summed E-state index contributed by atoms with van der Waals surface area (Å²) in [4.78, 5) is 0.0584. The molecule has 0 spiro atoms. The number of thiocarbonyl (C=S) groups is 1. The number of ether oxygens (including phenoxy) is 1. The third-order valence-electron chi connectivity index (χ3n) is 3.31. The average Bonchev–Trinajstić information content (AvgIpc) is 2.55. The van der Waals surface area contributed by atoms with Gasteiger partial charge in [-0.1, -0.05) is 18.2 Å². The summed E-state index contributed by atoms with van der Waals surface area (Å²) in [7, 11) is -2.05. The molecule has 0 amide bonds. The Balaban J connectivity index is 1.85. The van der Waals surface area contributed by atoms with Crippen LogP contribution in [-0.2, 0) is 16.4 Å². The van der Waals surface area contributed by atoms with Crippen molar-refractivity contribution in [1.82, 2.24) is 5.32 Å². The molecule has 24 heavy (non-hydrogen) atoms. The normalized spacial score (nSPS) is 10.9. The Bertz CT molecular complexity index is 806. The van der Waals surface area contributed by atoms with Crippen molar-refractivity contribution >= 4 is 33.0 Å². The summed E-state index contributed by atoms with van der Waals surface area (Å²) in [6, 6.07) is 13.9. The number of sulfonamides is 1. The zero-order chi connectivity index (χ0) is 17.6. The fourth-order valence-electron chi connectivity index (χ4n) is 2.12. The monoisotopic (exact) mass is 365 g/mol. The van der Waals surface area contributed by atoms with Crippen molar-refractivity contribution in [2.75, 3.05) is 19.0 Å². The lowest BCUT2D eigenvalue weighted by molar-refractivity contribution is 0.409. The molecular weight excluding hydrogens is 346 g/mol. The highest BCUT2D eigenvalue weighted by Gasteiger charge is 2.07. The fraction of sp³-hybridized carbons (Fsp3) is 0.188. The van der Waals surface area contributed by atoms with Crippen LogP contribution in [0.2, 0.25) is 0 Å². The Hall–Kier alpha value is -2.16. The number of benzene rings is 2. The zero-order valence-electron chi connectivity index (χ0n) is 13.2. The van der Waals surface area contributed by atoms with Crippen LogP contribution < -0.4 is 20.5 Å². The van der Waals surface area contributed by atoms with Gasteiger partial charge >= 0.3 is 0 Å². The largest absolute Gasteiger partial charge is 0.496 e. The molecule has 0 saturated heterocycles. The molecule has 0 aliphatic rings. The van der Waals surface area contributed by atoms with Gasteiger partial charge in [0.05, 0.1) is 12.0 Å². The maximum atomic E-state index is 11.2. The van der Waals surface area contributed by atoms with Crippen molar-refractivity contribution in [3.8, 4) is 5.75 Å². The van der Waals surface area contributed by atoms with Gasteiger partial charge in [-0.05, 0) is 54.5 Å². The van der Waals surface area contributed by atoms with Crippen LogP contribution in [0.15, 0.2) is 53.4 Å². The Morgan fingerprint density at radius 2 is 1.83 bits per heavy atom. The van der Waals surface area contributed by atoms with E-state index in [4.69, 9.17) is 22.1 Å². The van der Waals surface area contributed by atoms with E-state index in [-0.39, 0.29) is 4.90 Å². The van der Waals surface area contributed by atoms with Crippen molar-refractivity contribution in [2.45, 2.75) is 11.3 Å². The predicted molar refractivity (Wildman–Crippen MR) is 98.7 cm³/mol. The van der Waals surface area contributed by atoms with Crippen LogP contribution in [0.1, 0.15) is 5.56 Å². The summed E-state index contributed by atoms with van der Waals surface area (Å²) in [5.41, 5.74) is 1.77. The highest BCUT2D eigenvalue weighted by atomic mass is 32.2. The van der Waals surface area contributed by atoms with Gasteiger partial charge in [-0.15, -0.1) is 0 Å². The van der Waals surface area contributed by atoms with E-state index in [1.807, 2.05) is 24.3 Å². The van der Waals surface area contributed by atoms with Gasteiger partial charge in [-0.2, -0.15) is 0 Å². The van der Waals surface area contributed by atoms with Gasteiger partial charge in [-0.3, -0.25) is 0 Å². The molecule has 8 heteroatoms. The van der Waals surface area contributed by atoms with Gasteiger partial charge in [-0.25, -0.2) is 13.6 Å². The highest BCUT2D eigenvalue weighted by molar-refractivity contribution is 7.89. The predicted octanol–water partition coefficient (Wildman–Crippen LogP) is 1.87. The van der Waals surface area contributed by atoms with Crippen LogP contribution in [0.3, 0.4) is 0 Å². The SMILES string of the molecule is COc1ccccc1CCNC(=S)Nc1ccc(S(N)(=O)=O)cc1. The molecule has 4 N–H and O–H groups in total. The molecule has 2 aromatic rings. The average molecular weight is 365 g/mol. The standard InChI is InChI=1S/C16H19N3O3S2/c1-22-15-5-3-2-4-12(15)10-11-18-16(23)19-13-6-8-14(9-7-13)24(17,20)21/h2-9H,10-11H2,1H3,(H2,17,20,21)(H2,18,19,23). The maximum absolute atomic E-state index is 11.2. The van der Waals surface area contributed by atoms with Gasteiger partial charge < -0.3 is 15.4 Å². The molecule has 128 valence electrons. The van der Waals surface area contributed by atoms with Crippen molar-refractivity contribution in [2.24, 2.45) is 5.14 Å². The number of anilines is 1. The van der Waals surface area contributed by atoms with E-state index in [1.54, 1.807) is 19.2 Å². The first-order chi connectivity index (χ1) is 11.4. The maximum Gasteiger partial charge on any atom is 0.238 e. The van der Waals surface area contributed by atoms with E-state index in [0.29, 0.717) is 17.3 Å². The van der Waals surface area contributed by atoms with Crippen LogP contribution in [0.25, 0.3) is 0 Å². The number of rotatable bonds is 6. The summed E-state index contributed by atoms with van der Waals surface area (Å²) >= 11 is 5.22. The van der Waals surface area contributed by atoms with Crippen LogP contribution in [0, 0.1) is 0 Å². The summed E-state index contributed by atoms with van der Waals surface area (Å²) < 4.78 is 27.7. The Labute approximate surface area is 147 Å². The molecule has 2 rings (SSSR count). The van der Waals surface area contributed by atoms with Gasteiger partial charge in [0.2, 0.25) is 10.0 Å². The van der Waals surface area contributed by atoms with E-state index in [2.05, 4.69) is 10.6 Å². The first-order valence-electron chi connectivity index (χ1n) is 7.20. The number of hydrogen-bond donors (Lipinski definition) is 3. The molecule has 0 aromatic heterocycles. The molecule has 0 atom stereocenters. The minimum atomic E-state index is -3.69. The Kier molecular flexibility index (Phi) is 6.13. The van der Waals surface area contributed by atoms with E-state index in [1.165, 1.54) is 12.1 Å². The summed E-state index contributed by atoms with van der Waals surface area (Å²) in [6.45, 7) is 0.640. The van der Waals surface area contributed by atoms with Crippen molar-refractivity contribution in [3.63, 3.8) is 0 Å². The van der Waals surface area contributed by atoms with Crippen molar-refractivity contribution in [3.05, 3.63) is 54.1 Å². The van der Waals surface area contributed by atoms with Gasteiger partial charge in [0, 0.05) is 12.2 Å². The van der Waals surface area contributed by atoms with E-state index in [0.717, 1.165) is 17.7 Å². The van der Waals surface area contributed by atoms with Gasteiger partial charge in [0.25, 0.3) is 0 Å². The lowest BCUT2D eigenvalue weighted by Crippen LogP contribution is -2.30. The third kappa shape index (κ3) is 5.19. The Morgan fingerprint density at radius 3 is 2.46 bits per heavy atom. The fourth-order valence-corrected chi connectivity index (χ4v) is 2.86. The third-order valence-corrected chi connectivity index (χ3v) is 4.49. The highest BCUT2D eigenvalue weighted by Crippen LogP contribution is 2.17. The van der Waals surface area contributed by atoms with Crippen molar-refractivity contribution < 1.29 is 13.2 Å². The van der Waals surface area contributed by atoms with Crippen LogP contribution in [0.5, 0.6) is 5.75 Å². The molecule has 6 nitrogen and oxygen atoms in total. The topological polar surface area (TPSA) is 93.4 Å². The quantitative estimate of drug-likeness (QED) is 0.677. The van der Waals surface area contributed by atoms with Gasteiger partial charge in [0.1, 0.15) is 5.75 Å². The number of primary sulfonamides is 1. The first-order valence-corrected chi connectivity index (χ1v) is 9.15. The lowest BCUT2D eigenvalue weighted by atomic mass is 10.1.